The van der Waals surface area contributed by atoms with E-state index in [-0.39, 0.29) is 11.7 Å². The second kappa shape index (κ2) is 5.93. The average molecular weight is 302 g/mol. The van der Waals surface area contributed by atoms with Crippen molar-refractivity contribution in [2.24, 2.45) is 0 Å². The van der Waals surface area contributed by atoms with Crippen molar-refractivity contribution in [2.45, 2.75) is 39.7 Å². The third kappa shape index (κ3) is 3.48. The van der Waals surface area contributed by atoms with E-state index in [1.807, 2.05) is 6.92 Å². The molecule has 0 radical (unpaired) electrons. The zero-order valence-electron chi connectivity index (χ0n) is 11.4. The second-order valence-electron chi connectivity index (χ2n) is 4.76. The van der Waals surface area contributed by atoms with Gasteiger partial charge in [0.2, 0.25) is 0 Å². The van der Waals surface area contributed by atoms with Crippen LogP contribution in [-0.4, -0.2) is 17.2 Å². The number of hydrogen-bond acceptors (Lipinski definition) is 2. The molecule has 5 heteroatoms. The summed E-state index contributed by atoms with van der Waals surface area (Å²) in [5.74, 6) is -0.448. The summed E-state index contributed by atoms with van der Waals surface area (Å²) in [5, 5.41) is 3.59. The van der Waals surface area contributed by atoms with E-state index in [1.165, 1.54) is 6.92 Å². The van der Waals surface area contributed by atoms with Gasteiger partial charge in [-0.15, -0.1) is 0 Å². The molecule has 0 saturated carbocycles. The standard InChI is InChI=1S/C14H17Cl2NO2/c1-5-14(4,9(3)18)17-13(19)10-6-11(15)8(2)12(16)7-10/h6-7H,5H2,1-4H3,(H,17,19)/t14-/m0/s1. The third-order valence-corrected chi connectivity index (χ3v) is 4.20. The molecule has 19 heavy (non-hydrogen) atoms. The summed E-state index contributed by atoms with van der Waals surface area (Å²) >= 11 is 12.0. The Morgan fingerprint density at radius 1 is 1.26 bits per heavy atom. The van der Waals surface area contributed by atoms with Gasteiger partial charge in [0.15, 0.2) is 5.78 Å². The highest BCUT2D eigenvalue weighted by Gasteiger charge is 2.30. The summed E-state index contributed by atoms with van der Waals surface area (Å²) in [5.41, 5.74) is 0.201. The Balaban J connectivity index is 3.05. The van der Waals surface area contributed by atoms with Crippen LogP contribution in [0.1, 0.15) is 43.1 Å². The molecule has 0 aromatic heterocycles. The van der Waals surface area contributed by atoms with Crippen LogP contribution in [0.4, 0.5) is 0 Å². The van der Waals surface area contributed by atoms with E-state index < -0.39 is 5.54 Å². The summed E-state index contributed by atoms with van der Waals surface area (Å²) in [7, 11) is 0. The molecule has 1 amide bonds. The first-order chi connectivity index (χ1) is 8.71. The predicted molar refractivity (Wildman–Crippen MR) is 78.0 cm³/mol. The van der Waals surface area contributed by atoms with Gasteiger partial charge in [-0.05, 0) is 44.9 Å². The fourth-order valence-corrected chi connectivity index (χ4v) is 2.01. The van der Waals surface area contributed by atoms with Gasteiger partial charge in [0.05, 0.1) is 5.54 Å². The maximum atomic E-state index is 12.2. The van der Waals surface area contributed by atoms with Crippen molar-refractivity contribution in [1.82, 2.24) is 5.32 Å². The van der Waals surface area contributed by atoms with Crippen molar-refractivity contribution in [1.29, 1.82) is 0 Å². The minimum Gasteiger partial charge on any atom is -0.340 e. The number of nitrogens with one attached hydrogen (secondary N) is 1. The van der Waals surface area contributed by atoms with E-state index in [1.54, 1.807) is 26.0 Å². The maximum absolute atomic E-state index is 12.2. The van der Waals surface area contributed by atoms with Crippen molar-refractivity contribution in [3.05, 3.63) is 33.3 Å². The summed E-state index contributed by atoms with van der Waals surface area (Å²) in [6.07, 6.45) is 0.515. The van der Waals surface area contributed by atoms with E-state index in [4.69, 9.17) is 23.2 Å². The van der Waals surface area contributed by atoms with Crippen LogP contribution >= 0.6 is 23.2 Å². The zero-order chi connectivity index (χ0) is 14.8. The lowest BCUT2D eigenvalue weighted by atomic mass is 9.93. The lowest BCUT2D eigenvalue weighted by Gasteiger charge is -2.26. The van der Waals surface area contributed by atoms with Crippen molar-refractivity contribution in [2.75, 3.05) is 0 Å². The van der Waals surface area contributed by atoms with E-state index in [2.05, 4.69) is 5.32 Å². The third-order valence-electron chi connectivity index (χ3n) is 3.42. The molecule has 0 aliphatic rings. The van der Waals surface area contributed by atoms with Gasteiger partial charge < -0.3 is 5.32 Å². The highest BCUT2D eigenvalue weighted by molar-refractivity contribution is 6.36. The number of benzene rings is 1. The molecule has 0 spiro atoms. The zero-order valence-corrected chi connectivity index (χ0v) is 12.9. The minimum atomic E-state index is -0.874. The SMILES string of the molecule is CC[C@](C)(NC(=O)c1cc(Cl)c(C)c(Cl)c1)C(C)=O. The molecule has 0 aliphatic carbocycles. The molecular weight excluding hydrogens is 285 g/mol. The van der Waals surface area contributed by atoms with Gasteiger partial charge in [0, 0.05) is 15.6 Å². The van der Waals surface area contributed by atoms with Crippen LogP contribution in [-0.2, 0) is 4.79 Å². The van der Waals surface area contributed by atoms with Crippen LogP contribution in [0.2, 0.25) is 10.0 Å². The van der Waals surface area contributed by atoms with Crippen LogP contribution in [0.15, 0.2) is 12.1 Å². The topological polar surface area (TPSA) is 46.2 Å². The number of rotatable bonds is 4. The molecule has 0 saturated heterocycles. The molecule has 0 aliphatic heterocycles. The highest BCUT2D eigenvalue weighted by atomic mass is 35.5. The monoisotopic (exact) mass is 301 g/mol. The summed E-state index contributed by atoms with van der Waals surface area (Å²) in [4.78, 5) is 23.7. The Morgan fingerprint density at radius 2 is 1.74 bits per heavy atom. The number of Topliss-reactive ketones (excluding diaryl/α,β-unsaturated/α-hetero) is 1. The summed E-state index contributed by atoms with van der Waals surface area (Å²) in [6.45, 7) is 6.78. The number of carbonyl (C=O) groups excluding carboxylic acids is 2. The van der Waals surface area contributed by atoms with E-state index >= 15 is 0 Å². The van der Waals surface area contributed by atoms with Gasteiger partial charge in [-0.2, -0.15) is 0 Å². The van der Waals surface area contributed by atoms with Crippen LogP contribution in [0.5, 0.6) is 0 Å². The smallest absolute Gasteiger partial charge is 0.252 e. The first-order valence-electron chi connectivity index (χ1n) is 6.00. The van der Waals surface area contributed by atoms with Gasteiger partial charge in [0.25, 0.3) is 5.91 Å². The predicted octanol–water partition coefficient (Wildman–Crippen LogP) is 3.79. The molecular formula is C14H17Cl2NO2. The fourth-order valence-electron chi connectivity index (χ4n) is 1.52. The first-order valence-corrected chi connectivity index (χ1v) is 6.76. The number of carbonyl (C=O) groups is 2. The quantitative estimate of drug-likeness (QED) is 0.919. The molecule has 104 valence electrons. The van der Waals surface area contributed by atoms with E-state index in [9.17, 15) is 9.59 Å². The average Bonchev–Trinajstić information content (AvgIpc) is 2.34. The number of halogens is 2. The van der Waals surface area contributed by atoms with E-state index in [0.29, 0.717) is 22.0 Å². The lowest BCUT2D eigenvalue weighted by molar-refractivity contribution is -0.122. The van der Waals surface area contributed by atoms with Gasteiger partial charge in [-0.25, -0.2) is 0 Å². The number of amides is 1. The van der Waals surface area contributed by atoms with Crippen molar-refractivity contribution >= 4 is 34.9 Å². The lowest BCUT2D eigenvalue weighted by Crippen LogP contribution is -2.50. The first kappa shape index (κ1) is 16.0. The van der Waals surface area contributed by atoms with Gasteiger partial charge in [0.1, 0.15) is 0 Å². The van der Waals surface area contributed by atoms with Crippen LogP contribution in [0, 0.1) is 6.92 Å². The van der Waals surface area contributed by atoms with E-state index in [0.717, 1.165) is 5.56 Å². The largest absolute Gasteiger partial charge is 0.340 e. The molecule has 1 aromatic carbocycles. The normalized spacial score (nSPS) is 13.8. The maximum Gasteiger partial charge on any atom is 0.252 e. The van der Waals surface area contributed by atoms with Gasteiger partial charge >= 0.3 is 0 Å². The molecule has 3 nitrogen and oxygen atoms in total. The van der Waals surface area contributed by atoms with Gasteiger partial charge in [-0.1, -0.05) is 30.1 Å². The molecule has 0 fully saturated rings. The fraction of sp³-hybridized carbons (Fsp3) is 0.429. The molecule has 0 bridgehead atoms. The van der Waals surface area contributed by atoms with Crippen molar-refractivity contribution in [3.8, 4) is 0 Å². The van der Waals surface area contributed by atoms with Crippen LogP contribution in [0.3, 0.4) is 0 Å². The highest BCUT2D eigenvalue weighted by Crippen LogP contribution is 2.26. The molecule has 0 unspecified atom stereocenters. The summed E-state index contributed by atoms with van der Waals surface area (Å²) < 4.78 is 0. The molecule has 0 heterocycles. The Hall–Kier alpha value is -1.06. The number of hydrogen-bond donors (Lipinski definition) is 1. The number of ketones is 1. The minimum absolute atomic E-state index is 0.0901. The van der Waals surface area contributed by atoms with Crippen molar-refractivity contribution in [3.63, 3.8) is 0 Å². The molecule has 1 atom stereocenters. The molecule has 1 aromatic rings. The van der Waals surface area contributed by atoms with Crippen LogP contribution in [0.25, 0.3) is 0 Å². The Labute approximate surface area is 123 Å². The molecule has 1 rings (SSSR count). The van der Waals surface area contributed by atoms with Gasteiger partial charge in [-0.3, -0.25) is 9.59 Å². The summed E-state index contributed by atoms with van der Waals surface area (Å²) in [6, 6.07) is 3.10. The van der Waals surface area contributed by atoms with Crippen molar-refractivity contribution < 1.29 is 9.59 Å². The second-order valence-corrected chi connectivity index (χ2v) is 5.58. The molecule has 1 N–H and O–H groups in total. The Kier molecular flexibility index (Phi) is 4.99. The Morgan fingerprint density at radius 3 is 2.11 bits per heavy atom. The Bertz CT molecular complexity index is 505. The van der Waals surface area contributed by atoms with Crippen LogP contribution < -0.4 is 5.32 Å².